The van der Waals surface area contributed by atoms with E-state index in [4.69, 9.17) is 22.6 Å². The summed E-state index contributed by atoms with van der Waals surface area (Å²) < 4.78 is 23.4. The van der Waals surface area contributed by atoms with E-state index in [0.29, 0.717) is 23.4 Å². The Morgan fingerprint density at radius 1 is 1.31 bits per heavy atom. The topological polar surface area (TPSA) is 141 Å². The maximum Gasteiger partial charge on any atom is 0.279 e. The predicted octanol–water partition coefficient (Wildman–Crippen LogP) is 1.26. The van der Waals surface area contributed by atoms with Crippen LogP contribution in [0.4, 0.5) is 11.4 Å². The number of benzene rings is 2. The molecule has 1 aliphatic heterocycles. The summed E-state index contributed by atoms with van der Waals surface area (Å²) in [6, 6.07) is 12.9. The normalized spacial score (nSPS) is 14.4. The summed E-state index contributed by atoms with van der Waals surface area (Å²) in [6.07, 6.45) is 0. The van der Waals surface area contributed by atoms with Crippen LogP contribution in [0.1, 0.15) is 18.1 Å². The second-order valence-electron chi connectivity index (χ2n) is 5.96. The van der Waals surface area contributed by atoms with Gasteiger partial charge in [-0.05, 0) is 49.5 Å². The number of primary sulfonamides is 1. The van der Waals surface area contributed by atoms with Crippen molar-refractivity contribution in [3.63, 3.8) is 0 Å². The van der Waals surface area contributed by atoms with Gasteiger partial charge in [-0.1, -0.05) is 12.1 Å². The first kappa shape index (κ1) is 20.4. The number of para-hydroxylation sites is 1. The third-order valence-corrected chi connectivity index (χ3v) is 5.31. The van der Waals surface area contributed by atoms with E-state index < -0.39 is 10.0 Å². The van der Waals surface area contributed by atoms with Gasteiger partial charge in [0.15, 0.2) is 10.8 Å². The van der Waals surface area contributed by atoms with Crippen molar-refractivity contribution >= 4 is 50.3 Å². The Hall–Kier alpha value is -3.33. The van der Waals surface area contributed by atoms with Crippen molar-refractivity contribution in [2.45, 2.75) is 11.8 Å². The number of amides is 1. The van der Waals surface area contributed by atoms with Crippen LogP contribution in [0.2, 0.25) is 0 Å². The minimum absolute atomic E-state index is 0.0330. The average molecular weight is 428 g/mol. The van der Waals surface area contributed by atoms with Crippen molar-refractivity contribution < 1.29 is 13.2 Å². The largest absolute Gasteiger partial charge is 0.330 e. The fourth-order valence-corrected chi connectivity index (χ4v) is 3.73. The van der Waals surface area contributed by atoms with Gasteiger partial charge in [-0.3, -0.25) is 10.2 Å². The molecule has 9 nitrogen and oxygen atoms in total. The van der Waals surface area contributed by atoms with Gasteiger partial charge in [0.2, 0.25) is 10.0 Å². The standard InChI is InChI=1S/C18H16N6O3S2/c1-2-24-14-8-7-11(10-19)9-12(14)16(17(24)25)22-23-18(28)21-13-5-3-4-6-15(13)29(20,26)27/h3-9H,2H2,1H3,(H2,20,26,27)(H2,21,23,28). The van der Waals surface area contributed by atoms with E-state index in [1.54, 1.807) is 24.3 Å². The van der Waals surface area contributed by atoms with E-state index in [0.717, 1.165) is 0 Å². The Morgan fingerprint density at radius 3 is 2.69 bits per heavy atom. The van der Waals surface area contributed by atoms with Crippen LogP contribution in [-0.4, -0.2) is 31.7 Å². The molecule has 2 aromatic rings. The number of hydrogen-bond acceptors (Lipinski definition) is 6. The van der Waals surface area contributed by atoms with Crippen molar-refractivity contribution in [1.82, 2.24) is 5.43 Å². The number of rotatable bonds is 4. The molecule has 29 heavy (non-hydrogen) atoms. The fraction of sp³-hybridized carbons (Fsp3) is 0.111. The Bertz CT molecular complexity index is 1180. The monoisotopic (exact) mass is 428 g/mol. The molecule has 148 valence electrons. The molecule has 3 rings (SSSR count). The Balaban J connectivity index is 1.87. The number of nitrogens with zero attached hydrogens (tertiary/aromatic N) is 3. The summed E-state index contributed by atoms with van der Waals surface area (Å²) in [4.78, 5) is 14.1. The lowest BCUT2D eigenvalue weighted by Crippen LogP contribution is -2.32. The SMILES string of the molecule is CCN1C(=O)C(=NNC(=S)Nc2ccccc2S(N)(=O)=O)c2cc(C#N)ccc21. The van der Waals surface area contributed by atoms with Gasteiger partial charge < -0.3 is 10.2 Å². The number of nitrogens with two attached hydrogens (primary N) is 1. The molecule has 0 atom stereocenters. The average Bonchev–Trinajstić information content (AvgIpc) is 2.95. The predicted molar refractivity (Wildman–Crippen MR) is 113 cm³/mol. The summed E-state index contributed by atoms with van der Waals surface area (Å²) in [5.41, 5.74) is 4.37. The van der Waals surface area contributed by atoms with Gasteiger partial charge in [0.25, 0.3) is 5.91 Å². The quantitative estimate of drug-likeness (QED) is 0.492. The Kier molecular flexibility index (Phi) is 5.60. The molecular formula is C18H16N6O3S2. The van der Waals surface area contributed by atoms with Gasteiger partial charge in [0.05, 0.1) is 23.0 Å². The van der Waals surface area contributed by atoms with Crippen molar-refractivity contribution in [3.8, 4) is 6.07 Å². The summed E-state index contributed by atoms with van der Waals surface area (Å²) in [5, 5.41) is 21.1. The summed E-state index contributed by atoms with van der Waals surface area (Å²) in [6.45, 7) is 2.26. The molecule has 1 amide bonds. The molecule has 0 saturated carbocycles. The molecule has 0 spiro atoms. The van der Waals surface area contributed by atoms with Gasteiger partial charge in [-0.15, -0.1) is 0 Å². The molecule has 0 fully saturated rings. The molecule has 0 aliphatic carbocycles. The van der Waals surface area contributed by atoms with Crippen LogP contribution >= 0.6 is 12.2 Å². The number of likely N-dealkylation sites (N-methyl/N-ethyl adjacent to an activating group) is 1. The van der Waals surface area contributed by atoms with Crippen LogP contribution in [0.3, 0.4) is 0 Å². The van der Waals surface area contributed by atoms with Gasteiger partial charge in [-0.25, -0.2) is 13.6 Å². The molecule has 0 radical (unpaired) electrons. The molecule has 1 heterocycles. The highest BCUT2D eigenvalue weighted by atomic mass is 32.2. The van der Waals surface area contributed by atoms with Crippen LogP contribution in [-0.2, 0) is 14.8 Å². The lowest BCUT2D eigenvalue weighted by atomic mass is 10.1. The molecule has 1 aliphatic rings. The minimum atomic E-state index is -3.95. The number of hydrogen-bond donors (Lipinski definition) is 3. The van der Waals surface area contributed by atoms with Crippen molar-refractivity contribution in [1.29, 1.82) is 5.26 Å². The molecule has 0 unspecified atom stereocenters. The second-order valence-corrected chi connectivity index (χ2v) is 7.90. The Labute approximate surface area is 172 Å². The molecule has 2 aromatic carbocycles. The lowest BCUT2D eigenvalue weighted by Gasteiger charge is -2.13. The number of fused-ring (bicyclic) bond motifs is 1. The van der Waals surface area contributed by atoms with E-state index in [-0.39, 0.29) is 27.3 Å². The van der Waals surface area contributed by atoms with Crippen molar-refractivity contribution in [2.24, 2.45) is 10.2 Å². The first-order valence-electron chi connectivity index (χ1n) is 8.39. The molecular weight excluding hydrogens is 412 g/mol. The van der Waals surface area contributed by atoms with Crippen LogP contribution < -0.4 is 20.8 Å². The number of carbonyl (C=O) groups is 1. The van der Waals surface area contributed by atoms with Crippen LogP contribution in [0, 0.1) is 11.3 Å². The fourth-order valence-electron chi connectivity index (χ4n) is 2.88. The lowest BCUT2D eigenvalue weighted by molar-refractivity contribution is -0.112. The highest BCUT2D eigenvalue weighted by Gasteiger charge is 2.33. The van der Waals surface area contributed by atoms with Gasteiger partial charge in [0.1, 0.15) is 4.90 Å². The Morgan fingerprint density at radius 2 is 2.03 bits per heavy atom. The van der Waals surface area contributed by atoms with E-state index in [2.05, 4.69) is 15.8 Å². The first-order chi connectivity index (χ1) is 13.8. The molecule has 0 aromatic heterocycles. The number of nitriles is 1. The molecule has 11 heteroatoms. The van der Waals surface area contributed by atoms with Gasteiger partial charge >= 0.3 is 0 Å². The number of carbonyl (C=O) groups excluding carboxylic acids is 1. The number of nitrogens with one attached hydrogen (secondary N) is 2. The third-order valence-electron chi connectivity index (χ3n) is 4.15. The number of anilines is 2. The van der Waals surface area contributed by atoms with Gasteiger partial charge in [-0.2, -0.15) is 10.4 Å². The van der Waals surface area contributed by atoms with E-state index in [1.807, 2.05) is 13.0 Å². The number of hydrazone groups is 1. The maximum atomic E-state index is 12.7. The zero-order valence-corrected chi connectivity index (χ0v) is 16.8. The summed E-state index contributed by atoms with van der Waals surface area (Å²) >= 11 is 5.15. The molecule has 0 saturated heterocycles. The first-order valence-corrected chi connectivity index (χ1v) is 10.3. The third kappa shape index (κ3) is 4.09. The zero-order valence-electron chi connectivity index (χ0n) is 15.2. The highest BCUT2D eigenvalue weighted by molar-refractivity contribution is 7.89. The number of sulfonamides is 1. The van der Waals surface area contributed by atoms with Crippen LogP contribution in [0.5, 0.6) is 0 Å². The summed E-state index contributed by atoms with van der Waals surface area (Å²) in [7, 11) is -3.95. The van der Waals surface area contributed by atoms with E-state index in [9.17, 15) is 13.2 Å². The minimum Gasteiger partial charge on any atom is -0.330 e. The second kappa shape index (κ2) is 7.96. The van der Waals surface area contributed by atoms with Crippen molar-refractivity contribution in [3.05, 3.63) is 53.6 Å². The molecule has 4 N–H and O–H groups in total. The van der Waals surface area contributed by atoms with Crippen molar-refractivity contribution in [2.75, 3.05) is 16.8 Å². The summed E-state index contributed by atoms with van der Waals surface area (Å²) in [5.74, 6) is -0.335. The van der Waals surface area contributed by atoms with Crippen LogP contribution in [0.15, 0.2) is 52.5 Å². The number of thiocarbonyl (C=S) groups is 1. The molecule has 0 bridgehead atoms. The highest BCUT2D eigenvalue weighted by Crippen LogP contribution is 2.30. The smallest absolute Gasteiger partial charge is 0.279 e. The van der Waals surface area contributed by atoms with E-state index >= 15 is 0 Å². The van der Waals surface area contributed by atoms with Gasteiger partial charge in [0, 0.05) is 12.1 Å². The maximum absolute atomic E-state index is 12.7. The zero-order chi connectivity index (χ0) is 21.2. The van der Waals surface area contributed by atoms with Crippen LogP contribution in [0.25, 0.3) is 0 Å². The van der Waals surface area contributed by atoms with E-state index in [1.165, 1.54) is 23.1 Å².